The minimum Gasteiger partial charge on any atom is -0.497 e. The summed E-state index contributed by atoms with van der Waals surface area (Å²) in [7, 11) is 1.71. The monoisotopic (exact) mass is 384 g/mol. The second kappa shape index (κ2) is 9.72. The van der Waals surface area contributed by atoms with Gasteiger partial charge in [0, 0.05) is 11.3 Å². The van der Waals surface area contributed by atoms with Crippen molar-refractivity contribution in [3.8, 4) is 5.75 Å². The molecule has 0 bridgehead atoms. The smallest absolute Gasteiger partial charge is 0.171 e. The van der Waals surface area contributed by atoms with Crippen molar-refractivity contribution in [3.05, 3.63) is 59.7 Å². The van der Waals surface area contributed by atoms with Gasteiger partial charge in [0.25, 0.3) is 0 Å². The highest BCUT2D eigenvalue weighted by Gasteiger charge is 2.26. The molecule has 27 heavy (non-hydrogen) atoms. The number of aryl methyl sites for hydroxylation is 1. The fraction of sp³-hybridized carbons (Fsp3) is 0.409. The van der Waals surface area contributed by atoms with Gasteiger partial charge in [-0.1, -0.05) is 17.7 Å². The summed E-state index contributed by atoms with van der Waals surface area (Å²) in [4.78, 5) is 1.64. The summed E-state index contributed by atoms with van der Waals surface area (Å²) >= 11 is 5.53. The maximum Gasteiger partial charge on any atom is 0.171 e. The summed E-state index contributed by atoms with van der Waals surface area (Å²) in [5.74, 6) is 0.899. The highest BCUT2D eigenvalue weighted by atomic mass is 32.1. The summed E-state index contributed by atoms with van der Waals surface area (Å²) in [5.41, 5.74) is 3.59. The van der Waals surface area contributed by atoms with E-state index in [2.05, 4.69) is 66.1 Å². The number of rotatable bonds is 6. The largest absolute Gasteiger partial charge is 0.497 e. The van der Waals surface area contributed by atoms with Crippen molar-refractivity contribution in [2.75, 3.05) is 32.1 Å². The van der Waals surface area contributed by atoms with Crippen LogP contribution in [0.15, 0.2) is 48.5 Å². The molecular formula is C22H30N3OS+. The van der Waals surface area contributed by atoms with E-state index < -0.39 is 0 Å². The lowest BCUT2D eigenvalue weighted by atomic mass is 10.0. The van der Waals surface area contributed by atoms with E-state index in [1.165, 1.54) is 43.5 Å². The van der Waals surface area contributed by atoms with Gasteiger partial charge in [0.05, 0.1) is 26.7 Å². The van der Waals surface area contributed by atoms with Gasteiger partial charge in [-0.3, -0.25) is 0 Å². The zero-order valence-corrected chi connectivity index (χ0v) is 17.1. The molecular weight excluding hydrogens is 354 g/mol. The van der Waals surface area contributed by atoms with Crippen LogP contribution in [0.5, 0.6) is 5.75 Å². The second-order valence-electron chi connectivity index (χ2n) is 7.25. The van der Waals surface area contributed by atoms with E-state index in [4.69, 9.17) is 17.0 Å². The summed E-state index contributed by atoms with van der Waals surface area (Å²) in [6.45, 7) is 5.34. The number of methoxy groups -OCH3 is 1. The number of thiocarbonyl (C=S) groups is 1. The number of ether oxygens (including phenoxy) is 1. The first-order chi connectivity index (χ1) is 13.2. The fourth-order valence-corrected chi connectivity index (χ4v) is 3.90. The standard InChI is InChI=1S/C22H29N3OS/c1-17-6-10-19(11-7-17)24-22(27)23-16-21(25-14-4-3-5-15-25)18-8-12-20(26-2)13-9-18/h6-13,21H,3-5,14-16H2,1-2H3,(H2,23,24,27)/p+1/t21-/m1/s1. The van der Waals surface area contributed by atoms with Gasteiger partial charge in [-0.05, 0) is 74.8 Å². The molecule has 0 spiro atoms. The molecule has 2 aromatic carbocycles. The molecule has 0 unspecified atom stereocenters. The lowest BCUT2D eigenvalue weighted by molar-refractivity contribution is -0.934. The van der Waals surface area contributed by atoms with Gasteiger partial charge in [0.1, 0.15) is 11.8 Å². The molecule has 0 aromatic heterocycles. The summed E-state index contributed by atoms with van der Waals surface area (Å²) in [5, 5.41) is 7.40. The molecule has 1 aliphatic heterocycles. The summed E-state index contributed by atoms with van der Waals surface area (Å²) < 4.78 is 5.31. The van der Waals surface area contributed by atoms with Crippen molar-refractivity contribution >= 4 is 23.0 Å². The minimum absolute atomic E-state index is 0.383. The van der Waals surface area contributed by atoms with Gasteiger partial charge in [-0.15, -0.1) is 0 Å². The Bertz CT molecular complexity index is 724. The molecule has 1 atom stereocenters. The second-order valence-corrected chi connectivity index (χ2v) is 7.65. The Morgan fingerprint density at radius 1 is 1.04 bits per heavy atom. The number of anilines is 1. The van der Waals surface area contributed by atoms with E-state index in [1.807, 2.05) is 0 Å². The first-order valence-corrected chi connectivity index (χ1v) is 10.2. The van der Waals surface area contributed by atoms with Crippen LogP contribution in [0.4, 0.5) is 5.69 Å². The van der Waals surface area contributed by atoms with Crippen LogP contribution >= 0.6 is 12.2 Å². The maximum absolute atomic E-state index is 5.53. The van der Waals surface area contributed by atoms with Crippen LogP contribution in [-0.4, -0.2) is 31.9 Å². The average molecular weight is 385 g/mol. The van der Waals surface area contributed by atoms with Crippen LogP contribution in [-0.2, 0) is 0 Å². The van der Waals surface area contributed by atoms with Crippen LogP contribution in [0.2, 0.25) is 0 Å². The summed E-state index contributed by atoms with van der Waals surface area (Å²) in [6, 6.07) is 17.1. The van der Waals surface area contributed by atoms with Crippen molar-refractivity contribution in [1.29, 1.82) is 0 Å². The number of quaternary nitrogens is 1. The molecule has 3 N–H and O–H groups in total. The molecule has 144 valence electrons. The van der Waals surface area contributed by atoms with E-state index in [0.29, 0.717) is 11.2 Å². The number of hydrogen-bond acceptors (Lipinski definition) is 2. The Balaban J connectivity index is 1.64. The Kier molecular flexibility index (Phi) is 7.07. The molecule has 5 heteroatoms. The van der Waals surface area contributed by atoms with Crippen LogP contribution in [0, 0.1) is 6.92 Å². The number of piperidine rings is 1. The molecule has 0 saturated carbocycles. The number of likely N-dealkylation sites (tertiary alicyclic amines) is 1. The van der Waals surface area contributed by atoms with Gasteiger partial charge in [0.2, 0.25) is 0 Å². The third-order valence-electron chi connectivity index (χ3n) is 5.28. The highest BCUT2D eigenvalue weighted by molar-refractivity contribution is 7.80. The van der Waals surface area contributed by atoms with E-state index in [9.17, 15) is 0 Å². The number of nitrogens with one attached hydrogen (secondary N) is 3. The first kappa shape index (κ1) is 19.6. The predicted molar refractivity (Wildman–Crippen MR) is 116 cm³/mol. The van der Waals surface area contributed by atoms with Gasteiger partial charge in [-0.25, -0.2) is 0 Å². The van der Waals surface area contributed by atoms with Crippen molar-refractivity contribution in [1.82, 2.24) is 5.32 Å². The Morgan fingerprint density at radius 3 is 2.33 bits per heavy atom. The number of benzene rings is 2. The average Bonchev–Trinajstić information content (AvgIpc) is 2.71. The quantitative estimate of drug-likeness (QED) is 0.669. The molecule has 0 aliphatic carbocycles. The molecule has 2 aromatic rings. The van der Waals surface area contributed by atoms with Crippen molar-refractivity contribution in [2.45, 2.75) is 32.2 Å². The van der Waals surface area contributed by atoms with E-state index in [0.717, 1.165) is 18.0 Å². The third-order valence-corrected chi connectivity index (χ3v) is 5.53. The molecule has 0 amide bonds. The van der Waals surface area contributed by atoms with Crippen molar-refractivity contribution in [3.63, 3.8) is 0 Å². The molecule has 1 saturated heterocycles. The Hall–Kier alpha value is -2.11. The SMILES string of the molecule is COc1ccc([C@@H](CNC(=S)Nc2ccc(C)cc2)[NH+]2CCCCC2)cc1. The lowest BCUT2D eigenvalue weighted by Crippen LogP contribution is -3.13. The van der Waals surface area contributed by atoms with E-state index in [-0.39, 0.29) is 0 Å². The van der Waals surface area contributed by atoms with Crippen LogP contribution < -0.4 is 20.3 Å². The van der Waals surface area contributed by atoms with Gasteiger partial charge >= 0.3 is 0 Å². The van der Waals surface area contributed by atoms with E-state index in [1.54, 1.807) is 12.0 Å². The molecule has 1 heterocycles. The van der Waals surface area contributed by atoms with Gasteiger partial charge in [0.15, 0.2) is 5.11 Å². The molecule has 1 aliphatic rings. The summed E-state index contributed by atoms with van der Waals surface area (Å²) in [6.07, 6.45) is 3.95. The topological polar surface area (TPSA) is 37.7 Å². The fourth-order valence-electron chi connectivity index (χ4n) is 3.70. The normalized spacial score (nSPS) is 15.8. The third kappa shape index (κ3) is 5.68. The molecule has 1 fully saturated rings. The highest BCUT2D eigenvalue weighted by Crippen LogP contribution is 2.17. The van der Waals surface area contributed by atoms with Crippen LogP contribution in [0.1, 0.15) is 36.4 Å². The van der Waals surface area contributed by atoms with Crippen molar-refractivity contribution < 1.29 is 9.64 Å². The minimum atomic E-state index is 0.383. The number of hydrogen-bond donors (Lipinski definition) is 3. The lowest BCUT2D eigenvalue weighted by Gasteiger charge is -2.32. The zero-order chi connectivity index (χ0) is 19.1. The van der Waals surface area contributed by atoms with Crippen LogP contribution in [0.3, 0.4) is 0 Å². The predicted octanol–water partition coefficient (Wildman–Crippen LogP) is 3.10. The first-order valence-electron chi connectivity index (χ1n) is 9.76. The van der Waals surface area contributed by atoms with Gasteiger partial charge < -0.3 is 20.3 Å². The molecule has 4 nitrogen and oxygen atoms in total. The Morgan fingerprint density at radius 2 is 1.70 bits per heavy atom. The van der Waals surface area contributed by atoms with Crippen LogP contribution in [0.25, 0.3) is 0 Å². The zero-order valence-electron chi connectivity index (χ0n) is 16.3. The van der Waals surface area contributed by atoms with Gasteiger partial charge in [-0.2, -0.15) is 0 Å². The van der Waals surface area contributed by atoms with E-state index >= 15 is 0 Å². The molecule has 3 rings (SSSR count). The maximum atomic E-state index is 5.53. The van der Waals surface area contributed by atoms with Crippen molar-refractivity contribution in [2.24, 2.45) is 0 Å². The Labute approximate surface area is 167 Å². The molecule has 0 radical (unpaired) electrons.